The minimum Gasteiger partial charge on any atom is -0.395 e. The van der Waals surface area contributed by atoms with Gasteiger partial charge < -0.3 is 21.1 Å². The number of aliphatic hydroxyl groups excluding tert-OH is 1. The van der Waals surface area contributed by atoms with Crippen LogP contribution in [-0.2, 0) is 0 Å². The van der Waals surface area contributed by atoms with Crippen LogP contribution in [0.3, 0.4) is 0 Å². The monoisotopic (exact) mass is 308 g/mol. The lowest BCUT2D eigenvalue weighted by molar-refractivity contribution is 0.0947. The topological polar surface area (TPSA) is 109 Å². The third-order valence-corrected chi connectivity index (χ3v) is 3.58. The van der Waals surface area contributed by atoms with Gasteiger partial charge in [0.25, 0.3) is 5.91 Å². The average Bonchev–Trinajstić information content (AvgIpc) is 3.06. The normalized spacial score (nSPS) is 18.1. The maximum atomic E-state index is 13.3. The summed E-state index contributed by atoms with van der Waals surface area (Å²) in [6, 6.07) is 1.72. The lowest BCUT2D eigenvalue weighted by Crippen LogP contribution is -2.27. The molecule has 118 valence electrons. The molecule has 1 fully saturated rings. The second kappa shape index (κ2) is 5.76. The van der Waals surface area contributed by atoms with E-state index < -0.39 is 12.1 Å². The number of fused-ring (bicyclic) bond motifs is 1. The minimum absolute atomic E-state index is 0.0601. The molecule has 1 amide bonds. The Kier molecular flexibility index (Phi) is 3.80. The van der Waals surface area contributed by atoms with E-state index in [1.54, 1.807) is 12.3 Å². The van der Waals surface area contributed by atoms with Crippen molar-refractivity contribution in [2.45, 2.75) is 12.6 Å². The molecule has 0 aliphatic carbocycles. The number of nitrogens with two attached hydrogens (primary N) is 1. The highest BCUT2D eigenvalue weighted by atomic mass is 19.1. The van der Waals surface area contributed by atoms with Crippen LogP contribution >= 0.6 is 0 Å². The standard InChI is InChI=1S/C13H17FN6O2/c14-8-1-4-19(7-8)9-2-5-20-12(17-9)10(11(15)18-20)13(22)16-3-6-21/h2,5,8,21H,1,3-4,6-7H2,(H2,15,18)(H,16,22). The van der Waals surface area contributed by atoms with E-state index in [9.17, 15) is 9.18 Å². The van der Waals surface area contributed by atoms with Gasteiger partial charge in [0, 0.05) is 19.3 Å². The Morgan fingerprint density at radius 1 is 1.59 bits per heavy atom. The molecule has 0 spiro atoms. The highest BCUT2D eigenvalue weighted by molar-refractivity contribution is 6.04. The molecule has 8 nitrogen and oxygen atoms in total. The van der Waals surface area contributed by atoms with Crippen LogP contribution in [0.15, 0.2) is 12.3 Å². The summed E-state index contributed by atoms with van der Waals surface area (Å²) in [6.07, 6.45) is 1.25. The summed E-state index contributed by atoms with van der Waals surface area (Å²) in [5, 5.41) is 15.4. The Morgan fingerprint density at radius 3 is 3.09 bits per heavy atom. The number of hydrogen-bond donors (Lipinski definition) is 3. The fraction of sp³-hybridized carbons (Fsp3) is 0.462. The number of aliphatic hydroxyl groups is 1. The van der Waals surface area contributed by atoms with Crippen LogP contribution in [0.2, 0.25) is 0 Å². The predicted molar refractivity (Wildman–Crippen MR) is 78.5 cm³/mol. The lowest BCUT2D eigenvalue weighted by atomic mass is 10.3. The molecule has 3 heterocycles. The SMILES string of the molecule is Nc1nn2ccc(N3CCC(F)C3)nc2c1C(=O)NCCO. The van der Waals surface area contributed by atoms with Crippen molar-refractivity contribution < 1.29 is 14.3 Å². The zero-order valence-electron chi connectivity index (χ0n) is 11.9. The molecule has 9 heteroatoms. The number of carbonyl (C=O) groups excluding carboxylic acids is 1. The second-order valence-corrected chi connectivity index (χ2v) is 5.13. The van der Waals surface area contributed by atoms with Crippen LogP contribution in [0, 0.1) is 0 Å². The van der Waals surface area contributed by atoms with Gasteiger partial charge in [-0.2, -0.15) is 0 Å². The van der Waals surface area contributed by atoms with E-state index in [2.05, 4.69) is 15.4 Å². The number of rotatable bonds is 4. The number of amides is 1. The number of carbonyl (C=O) groups is 1. The molecule has 1 aliphatic heterocycles. The van der Waals surface area contributed by atoms with Gasteiger partial charge >= 0.3 is 0 Å². The molecule has 4 N–H and O–H groups in total. The summed E-state index contributed by atoms with van der Waals surface area (Å²) in [6.45, 7) is 0.818. The Labute approximate surface area is 125 Å². The van der Waals surface area contributed by atoms with Crippen LogP contribution < -0.4 is 16.0 Å². The molecule has 1 aliphatic rings. The van der Waals surface area contributed by atoms with Gasteiger partial charge in [-0.25, -0.2) is 13.9 Å². The van der Waals surface area contributed by atoms with Gasteiger partial charge in [-0.1, -0.05) is 0 Å². The molecule has 3 rings (SSSR count). The zero-order valence-corrected chi connectivity index (χ0v) is 11.9. The van der Waals surface area contributed by atoms with Gasteiger partial charge in [-0.05, 0) is 12.5 Å². The van der Waals surface area contributed by atoms with Crippen molar-refractivity contribution in [1.29, 1.82) is 0 Å². The van der Waals surface area contributed by atoms with Crippen molar-refractivity contribution in [3.8, 4) is 0 Å². The van der Waals surface area contributed by atoms with E-state index in [0.29, 0.717) is 31.0 Å². The third-order valence-electron chi connectivity index (χ3n) is 3.58. The summed E-state index contributed by atoms with van der Waals surface area (Å²) in [7, 11) is 0. The second-order valence-electron chi connectivity index (χ2n) is 5.13. The van der Waals surface area contributed by atoms with E-state index in [1.165, 1.54) is 4.52 Å². The molecule has 0 radical (unpaired) electrons. The summed E-state index contributed by atoms with van der Waals surface area (Å²) in [5.41, 5.74) is 6.25. The summed E-state index contributed by atoms with van der Waals surface area (Å²) in [4.78, 5) is 18.3. The highest BCUT2D eigenvalue weighted by Crippen LogP contribution is 2.23. The number of nitrogens with one attached hydrogen (secondary N) is 1. The lowest BCUT2D eigenvalue weighted by Gasteiger charge is -2.16. The smallest absolute Gasteiger partial charge is 0.259 e. The van der Waals surface area contributed by atoms with Crippen LogP contribution in [0.25, 0.3) is 5.65 Å². The quantitative estimate of drug-likeness (QED) is 0.708. The molecule has 22 heavy (non-hydrogen) atoms. The molecule has 1 atom stereocenters. The number of aromatic nitrogens is 3. The maximum Gasteiger partial charge on any atom is 0.259 e. The average molecular weight is 308 g/mol. The number of hydrogen-bond acceptors (Lipinski definition) is 6. The number of anilines is 2. The van der Waals surface area contributed by atoms with Gasteiger partial charge in [0.1, 0.15) is 17.6 Å². The summed E-state index contributed by atoms with van der Waals surface area (Å²) < 4.78 is 14.7. The fourth-order valence-electron chi connectivity index (χ4n) is 2.51. The number of nitrogen functional groups attached to an aromatic ring is 1. The Bertz CT molecular complexity index is 703. The van der Waals surface area contributed by atoms with E-state index in [4.69, 9.17) is 10.8 Å². The first-order valence-corrected chi connectivity index (χ1v) is 7.03. The minimum atomic E-state index is -0.861. The van der Waals surface area contributed by atoms with E-state index in [-0.39, 0.29) is 24.5 Å². The van der Waals surface area contributed by atoms with Crippen LogP contribution in [-0.4, -0.2) is 58.0 Å². The molecule has 0 bridgehead atoms. The van der Waals surface area contributed by atoms with Gasteiger partial charge in [0.2, 0.25) is 0 Å². The first-order valence-electron chi connectivity index (χ1n) is 7.03. The van der Waals surface area contributed by atoms with Crippen LogP contribution in [0.1, 0.15) is 16.8 Å². The molecule has 2 aromatic rings. The molecular formula is C13H17FN6O2. The van der Waals surface area contributed by atoms with Crippen molar-refractivity contribution in [1.82, 2.24) is 19.9 Å². The van der Waals surface area contributed by atoms with Crippen molar-refractivity contribution >= 4 is 23.2 Å². The molecule has 2 aromatic heterocycles. The molecule has 0 aromatic carbocycles. The van der Waals surface area contributed by atoms with Crippen LogP contribution in [0.4, 0.5) is 16.0 Å². The van der Waals surface area contributed by atoms with Gasteiger partial charge in [0.05, 0.1) is 13.2 Å². The van der Waals surface area contributed by atoms with E-state index in [1.807, 2.05) is 4.90 Å². The third kappa shape index (κ3) is 2.54. The largest absolute Gasteiger partial charge is 0.395 e. The van der Waals surface area contributed by atoms with Gasteiger partial charge in [-0.3, -0.25) is 4.79 Å². The molecule has 0 saturated carbocycles. The zero-order chi connectivity index (χ0) is 15.7. The molecular weight excluding hydrogens is 291 g/mol. The summed E-state index contributed by atoms with van der Waals surface area (Å²) in [5.74, 6) is 0.199. The Balaban J connectivity index is 1.97. The molecule has 1 unspecified atom stereocenters. The summed E-state index contributed by atoms with van der Waals surface area (Å²) >= 11 is 0. The maximum absolute atomic E-state index is 13.3. The Hall–Kier alpha value is -2.42. The van der Waals surface area contributed by atoms with Gasteiger partial charge in [-0.15, -0.1) is 5.10 Å². The Morgan fingerprint density at radius 2 is 2.41 bits per heavy atom. The van der Waals surface area contributed by atoms with Crippen molar-refractivity contribution in [2.75, 3.05) is 36.9 Å². The van der Waals surface area contributed by atoms with Crippen molar-refractivity contribution in [3.05, 3.63) is 17.8 Å². The van der Waals surface area contributed by atoms with Crippen molar-refractivity contribution in [2.24, 2.45) is 0 Å². The first-order chi connectivity index (χ1) is 10.6. The van der Waals surface area contributed by atoms with E-state index >= 15 is 0 Å². The van der Waals surface area contributed by atoms with Gasteiger partial charge in [0.15, 0.2) is 11.5 Å². The highest BCUT2D eigenvalue weighted by Gasteiger charge is 2.25. The molecule has 1 saturated heterocycles. The van der Waals surface area contributed by atoms with Crippen LogP contribution in [0.5, 0.6) is 0 Å². The predicted octanol–water partition coefficient (Wildman–Crippen LogP) is -0.418. The number of alkyl halides is 1. The first kappa shape index (κ1) is 14.5. The fourth-order valence-corrected chi connectivity index (χ4v) is 2.51. The number of halogens is 1. The van der Waals surface area contributed by atoms with E-state index in [0.717, 1.165) is 0 Å². The number of nitrogens with zero attached hydrogens (tertiary/aromatic N) is 4. The van der Waals surface area contributed by atoms with Crippen molar-refractivity contribution in [3.63, 3.8) is 0 Å².